The van der Waals surface area contributed by atoms with Gasteiger partial charge in [-0.1, -0.05) is 12.1 Å². The molecule has 0 saturated heterocycles. The average molecular weight is 397 g/mol. The Hall–Kier alpha value is -3.46. The van der Waals surface area contributed by atoms with E-state index in [0.29, 0.717) is 27.6 Å². The lowest BCUT2D eigenvalue weighted by molar-refractivity contribution is -0.384. The molecule has 0 fully saturated rings. The molecule has 1 amide bonds. The van der Waals surface area contributed by atoms with Gasteiger partial charge in [0.2, 0.25) is 0 Å². The van der Waals surface area contributed by atoms with Gasteiger partial charge in [-0.15, -0.1) is 0 Å². The predicted octanol–water partition coefficient (Wildman–Crippen LogP) is 3.45. The van der Waals surface area contributed by atoms with Crippen molar-refractivity contribution in [3.05, 3.63) is 69.8 Å². The van der Waals surface area contributed by atoms with Crippen molar-refractivity contribution in [2.24, 2.45) is 0 Å². The van der Waals surface area contributed by atoms with Crippen LogP contribution >= 0.6 is 0 Å². The number of anilines is 2. The summed E-state index contributed by atoms with van der Waals surface area (Å²) >= 11 is 0. The second kappa shape index (κ2) is 6.03. The number of carbonyl (C=O) groups is 1. The number of carbonyl (C=O) groups excluding carboxylic acids is 1. The van der Waals surface area contributed by atoms with Crippen molar-refractivity contribution >= 4 is 43.8 Å². The summed E-state index contributed by atoms with van der Waals surface area (Å²) in [5, 5.41) is 11.9. The van der Waals surface area contributed by atoms with Crippen LogP contribution in [0.4, 0.5) is 17.1 Å². The van der Waals surface area contributed by atoms with Crippen molar-refractivity contribution < 1.29 is 18.1 Å². The molecule has 0 bridgehead atoms. The molecule has 0 aliphatic carbocycles. The van der Waals surface area contributed by atoms with E-state index in [0.717, 1.165) is 0 Å². The van der Waals surface area contributed by atoms with Crippen LogP contribution in [-0.4, -0.2) is 26.3 Å². The number of nitrogens with zero attached hydrogens (tertiary/aromatic N) is 2. The molecular formula is C19H15N3O5S. The van der Waals surface area contributed by atoms with Crippen LogP contribution in [0.1, 0.15) is 15.9 Å². The third-order valence-corrected chi connectivity index (χ3v) is 6.25. The zero-order chi connectivity index (χ0) is 20.2. The fraction of sp³-hybridized carbons (Fsp3) is 0.105. The van der Waals surface area contributed by atoms with Gasteiger partial charge in [0.1, 0.15) is 0 Å². The number of nitro groups is 1. The minimum Gasteiger partial charge on any atom is -0.311 e. The standard InChI is InChI=1S/C19H15N3O5S/c1-11-10-12(22(24)25)6-7-15(11)20-28(26,27)17-9-8-16-18-13(17)4-3-5-14(18)19(23)21(16)2/h3-10,20H,1-2H3. The van der Waals surface area contributed by atoms with Crippen LogP contribution in [0.5, 0.6) is 0 Å². The third kappa shape index (κ3) is 2.59. The molecule has 8 nitrogen and oxygen atoms in total. The van der Waals surface area contributed by atoms with Gasteiger partial charge in [-0.05, 0) is 36.8 Å². The number of sulfonamides is 1. The Bertz CT molecular complexity index is 1280. The first kappa shape index (κ1) is 17.9. The van der Waals surface area contributed by atoms with Crippen LogP contribution in [0.25, 0.3) is 10.8 Å². The van der Waals surface area contributed by atoms with Gasteiger partial charge in [0.15, 0.2) is 0 Å². The van der Waals surface area contributed by atoms with E-state index in [1.807, 2.05) is 0 Å². The molecule has 1 aliphatic rings. The van der Waals surface area contributed by atoms with E-state index >= 15 is 0 Å². The summed E-state index contributed by atoms with van der Waals surface area (Å²) in [6.07, 6.45) is 0. The fourth-order valence-corrected chi connectivity index (χ4v) is 4.75. The van der Waals surface area contributed by atoms with Gasteiger partial charge in [0.05, 0.1) is 21.2 Å². The Labute approximate surface area is 160 Å². The van der Waals surface area contributed by atoms with Gasteiger partial charge in [0, 0.05) is 35.5 Å². The maximum atomic E-state index is 13.0. The molecule has 0 radical (unpaired) electrons. The number of benzene rings is 3. The predicted molar refractivity (Wildman–Crippen MR) is 105 cm³/mol. The van der Waals surface area contributed by atoms with Crippen LogP contribution < -0.4 is 9.62 Å². The van der Waals surface area contributed by atoms with Crippen LogP contribution in [0.2, 0.25) is 0 Å². The van der Waals surface area contributed by atoms with Crippen molar-refractivity contribution in [2.75, 3.05) is 16.7 Å². The molecule has 4 rings (SSSR count). The maximum Gasteiger partial charge on any atom is 0.269 e. The maximum absolute atomic E-state index is 13.0. The third-order valence-electron chi connectivity index (χ3n) is 4.83. The highest BCUT2D eigenvalue weighted by Crippen LogP contribution is 2.39. The molecule has 3 aromatic carbocycles. The number of rotatable bonds is 4. The fourth-order valence-electron chi connectivity index (χ4n) is 3.42. The molecule has 0 spiro atoms. The first-order chi connectivity index (χ1) is 13.2. The molecule has 0 saturated carbocycles. The normalized spacial score (nSPS) is 13.2. The monoisotopic (exact) mass is 397 g/mol. The average Bonchev–Trinajstić information content (AvgIpc) is 2.90. The second-order valence-electron chi connectivity index (χ2n) is 6.54. The zero-order valence-corrected chi connectivity index (χ0v) is 15.8. The highest BCUT2D eigenvalue weighted by atomic mass is 32.2. The molecule has 3 aromatic rings. The summed E-state index contributed by atoms with van der Waals surface area (Å²) in [5.41, 5.74) is 1.67. The molecule has 0 aromatic heterocycles. The molecule has 0 atom stereocenters. The Morgan fingerprint density at radius 2 is 1.86 bits per heavy atom. The second-order valence-corrected chi connectivity index (χ2v) is 8.19. The van der Waals surface area contributed by atoms with Gasteiger partial charge < -0.3 is 4.90 Å². The van der Waals surface area contributed by atoms with E-state index in [4.69, 9.17) is 0 Å². The van der Waals surface area contributed by atoms with Gasteiger partial charge in [-0.25, -0.2) is 8.42 Å². The molecule has 9 heteroatoms. The SMILES string of the molecule is Cc1cc([N+](=O)[O-])ccc1NS(=O)(=O)c1ccc2c3c(cccc13)C(=O)N2C. The minimum atomic E-state index is -3.99. The van der Waals surface area contributed by atoms with Gasteiger partial charge in [-0.2, -0.15) is 0 Å². The Morgan fingerprint density at radius 3 is 2.54 bits per heavy atom. The van der Waals surface area contributed by atoms with Crippen LogP contribution in [0.3, 0.4) is 0 Å². The lowest BCUT2D eigenvalue weighted by Gasteiger charge is -2.14. The van der Waals surface area contributed by atoms with E-state index in [9.17, 15) is 23.3 Å². The van der Waals surface area contributed by atoms with E-state index < -0.39 is 14.9 Å². The lowest BCUT2D eigenvalue weighted by Crippen LogP contribution is -2.20. The van der Waals surface area contributed by atoms with E-state index in [1.165, 1.54) is 29.2 Å². The van der Waals surface area contributed by atoms with Crippen molar-refractivity contribution in [1.29, 1.82) is 0 Å². The van der Waals surface area contributed by atoms with E-state index in [-0.39, 0.29) is 22.2 Å². The number of nitrogens with one attached hydrogen (secondary N) is 1. The summed E-state index contributed by atoms with van der Waals surface area (Å²) in [6, 6.07) is 11.9. The Kier molecular flexibility index (Phi) is 3.86. The first-order valence-corrected chi connectivity index (χ1v) is 9.80. The molecule has 28 heavy (non-hydrogen) atoms. The smallest absolute Gasteiger partial charge is 0.269 e. The summed E-state index contributed by atoms with van der Waals surface area (Å²) in [5.74, 6) is -0.186. The number of nitro benzene ring substituents is 1. The largest absolute Gasteiger partial charge is 0.311 e. The highest BCUT2D eigenvalue weighted by molar-refractivity contribution is 7.93. The summed E-state index contributed by atoms with van der Waals surface area (Å²) in [6.45, 7) is 1.59. The lowest BCUT2D eigenvalue weighted by atomic mass is 10.1. The molecule has 0 unspecified atom stereocenters. The minimum absolute atomic E-state index is 0.0361. The molecule has 142 valence electrons. The van der Waals surface area contributed by atoms with Crippen molar-refractivity contribution in [3.63, 3.8) is 0 Å². The summed E-state index contributed by atoms with van der Waals surface area (Å²) < 4.78 is 28.6. The highest BCUT2D eigenvalue weighted by Gasteiger charge is 2.30. The van der Waals surface area contributed by atoms with Crippen molar-refractivity contribution in [2.45, 2.75) is 11.8 Å². The van der Waals surface area contributed by atoms with Gasteiger partial charge in [-0.3, -0.25) is 19.6 Å². The number of amides is 1. The van der Waals surface area contributed by atoms with Crippen LogP contribution in [-0.2, 0) is 10.0 Å². The Balaban J connectivity index is 1.83. The quantitative estimate of drug-likeness (QED) is 0.536. The molecular weight excluding hydrogens is 382 g/mol. The summed E-state index contributed by atoms with van der Waals surface area (Å²) in [7, 11) is -2.34. The van der Waals surface area contributed by atoms with E-state index in [2.05, 4.69) is 4.72 Å². The number of aryl methyl sites for hydroxylation is 1. The zero-order valence-electron chi connectivity index (χ0n) is 15.0. The number of non-ortho nitro benzene ring substituents is 1. The molecule has 1 N–H and O–H groups in total. The van der Waals surface area contributed by atoms with Crippen molar-refractivity contribution in [3.8, 4) is 0 Å². The molecule has 1 aliphatic heterocycles. The van der Waals surface area contributed by atoms with E-state index in [1.54, 1.807) is 38.2 Å². The summed E-state index contributed by atoms with van der Waals surface area (Å²) in [4.78, 5) is 24.2. The topological polar surface area (TPSA) is 110 Å². The Morgan fingerprint density at radius 1 is 1.11 bits per heavy atom. The van der Waals surface area contributed by atoms with Crippen LogP contribution in [0, 0.1) is 17.0 Å². The first-order valence-electron chi connectivity index (χ1n) is 8.32. The number of hydrogen-bond donors (Lipinski definition) is 1. The van der Waals surface area contributed by atoms with Gasteiger partial charge >= 0.3 is 0 Å². The van der Waals surface area contributed by atoms with Crippen LogP contribution in [0.15, 0.2) is 53.4 Å². The number of hydrogen-bond acceptors (Lipinski definition) is 5. The van der Waals surface area contributed by atoms with Crippen molar-refractivity contribution in [1.82, 2.24) is 0 Å². The van der Waals surface area contributed by atoms with Gasteiger partial charge in [0.25, 0.3) is 21.6 Å². The molecule has 1 heterocycles.